The monoisotopic (exact) mass is 385 g/mol. The zero-order valence-corrected chi connectivity index (χ0v) is 15.4. The minimum Gasteiger partial charge on any atom is -0.504 e. The van der Waals surface area contributed by atoms with Gasteiger partial charge in [-0.05, 0) is 37.0 Å². The van der Waals surface area contributed by atoms with Gasteiger partial charge in [-0.2, -0.15) is 0 Å². The van der Waals surface area contributed by atoms with E-state index in [4.69, 9.17) is 0 Å². The van der Waals surface area contributed by atoms with E-state index in [0.717, 1.165) is 19.3 Å². The molecule has 2 atom stereocenters. The summed E-state index contributed by atoms with van der Waals surface area (Å²) in [7, 11) is 3.82. The van der Waals surface area contributed by atoms with Crippen molar-refractivity contribution in [2.75, 3.05) is 5.75 Å². The fourth-order valence-corrected chi connectivity index (χ4v) is 5.65. The molecule has 25 heavy (non-hydrogen) atoms. The first kappa shape index (κ1) is 19.8. The Hall–Kier alpha value is -1.54. The lowest BCUT2D eigenvalue weighted by Crippen LogP contribution is -2.42. The van der Waals surface area contributed by atoms with E-state index in [1.54, 1.807) is 0 Å². The normalized spacial score (nSPS) is 18.0. The summed E-state index contributed by atoms with van der Waals surface area (Å²) < 4.78 is 0. The third-order valence-corrected chi connectivity index (χ3v) is 7.03. The molecule has 6 nitrogen and oxygen atoms in total. The van der Waals surface area contributed by atoms with Crippen LogP contribution in [0, 0.1) is 0 Å². The molecule has 1 aliphatic rings. The molecule has 8 heteroatoms. The van der Waals surface area contributed by atoms with Crippen LogP contribution in [-0.2, 0) is 16.0 Å². The van der Waals surface area contributed by atoms with Crippen LogP contribution in [0.2, 0.25) is 0 Å². The Kier molecular flexibility index (Phi) is 7.77. The molecule has 2 rings (SSSR count). The molecule has 0 spiro atoms. The van der Waals surface area contributed by atoms with Crippen molar-refractivity contribution in [1.82, 2.24) is 5.32 Å². The second kappa shape index (κ2) is 9.82. The molecule has 4 N–H and O–H groups in total. The predicted molar refractivity (Wildman–Crippen MR) is 100.0 cm³/mol. The van der Waals surface area contributed by atoms with Gasteiger partial charge in [0.15, 0.2) is 11.5 Å². The number of hydrogen-bond donors (Lipinski definition) is 4. The molecule has 1 aromatic rings. The van der Waals surface area contributed by atoms with Gasteiger partial charge in [0.25, 0.3) is 0 Å². The van der Waals surface area contributed by atoms with Crippen LogP contribution in [0.3, 0.4) is 0 Å². The molecule has 1 aromatic carbocycles. The maximum Gasteiger partial charge on any atom is 0.326 e. The third kappa shape index (κ3) is 6.70. The number of rotatable bonds is 9. The molecule has 1 saturated heterocycles. The lowest BCUT2D eigenvalue weighted by atomic mass is 10.0. The van der Waals surface area contributed by atoms with Gasteiger partial charge in [0.2, 0.25) is 5.91 Å². The Morgan fingerprint density at radius 2 is 2.04 bits per heavy atom. The van der Waals surface area contributed by atoms with Crippen molar-refractivity contribution < 1.29 is 24.9 Å². The smallest absolute Gasteiger partial charge is 0.326 e. The van der Waals surface area contributed by atoms with Crippen molar-refractivity contribution in [3.63, 3.8) is 0 Å². The number of hydrogen-bond acceptors (Lipinski definition) is 6. The number of unbranched alkanes of at least 4 members (excludes halogenated alkanes) is 1. The second-order valence-electron chi connectivity index (χ2n) is 6.06. The maximum absolute atomic E-state index is 12.0. The average Bonchev–Trinajstić information content (AvgIpc) is 3.07. The average molecular weight is 386 g/mol. The van der Waals surface area contributed by atoms with Gasteiger partial charge in [0.05, 0.1) is 0 Å². The molecule has 1 amide bonds. The van der Waals surface area contributed by atoms with Gasteiger partial charge in [-0.15, -0.1) is 0 Å². The van der Waals surface area contributed by atoms with E-state index in [9.17, 15) is 24.9 Å². The Morgan fingerprint density at radius 3 is 2.68 bits per heavy atom. The van der Waals surface area contributed by atoms with Crippen LogP contribution in [0.25, 0.3) is 0 Å². The van der Waals surface area contributed by atoms with E-state index < -0.39 is 12.0 Å². The number of amides is 1. The molecule has 0 bridgehead atoms. The van der Waals surface area contributed by atoms with Crippen LogP contribution in [0.4, 0.5) is 0 Å². The van der Waals surface area contributed by atoms with Crippen LogP contribution in [-0.4, -0.2) is 44.2 Å². The van der Waals surface area contributed by atoms with Gasteiger partial charge >= 0.3 is 5.97 Å². The van der Waals surface area contributed by atoms with Crippen molar-refractivity contribution in [3.8, 4) is 11.5 Å². The second-order valence-corrected chi connectivity index (χ2v) is 8.85. The minimum atomic E-state index is -1.12. The first-order valence-electron chi connectivity index (χ1n) is 8.27. The molecule has 1 fully saturated rings. The number of aromatic hydroxyl groups is 2. The molecule has 1 aliphatic heterocycles. The van der Waals surface area contributed by atoms with E-state index in [-0.39, 0.29) is 23.8 Å². The van der Waals surface area contributed by atoms with Gasteiger partial charge in [-0.1, -0.05) is 34.1 Å². The number of phenolic OH excluding ortho intramolecular Hbond substituents is 2. The lowest BCUT2D eigenvalue weighted by Gasteiger charge is -2.15. The number of carbonyl (C=O) groups is 2. The highest BCUT2D eigenvalue weighted by Crippen LogP contribution is 2.39. The van der Waals surface area contributed by atoms with Crippen LogP contribution < -0.4 is 5.32 Å². The molecule has 138 valence electrons. The number of aliphatic carboxylic acids is 1. The van der Waals surface area contributed by atoms with Crippen molar-refractivity contribution in [2.45, 2.75) is 49.8 Å². The van der Waals surface area contributed by atoms with E-state index >= 15 is 0 Å². The zero-order valence-electron chi connectivity index (χ0n) is 13.8. The number of carboxylic acid groups (broad SMARTS) is 1. The SMILES string of the molecule is O=C(CCCCC1CCSS1)N[C@@H](Cc1ccc(O)c(O)c1)C(=O)O. The molecule has 1 unspecified atom stereocenters. The molecule has 0 radical (unpaired) electrons. The number of nitrogens with one attached hydrogen (secondary N) is 1. The Morgan fingerprint density at radius 1 is 1.24 bits per heavy atom. The van der Waals surface area contributed by atoms with Crippen LogP contribution in [0.1, 0.15) is 37.7 Å². The standard InChI is InChI=1S/C17H23NO5S2/c19-14-6-5-11(10-15(14)20)9-13(17(22)23)18-16(21)4-2-1-3-12-7-8-24-25-12/h5-6,10,12-13,19-20H,1-4,7-9H2,(H,18,21)(H,22,23)/t12?,13-/m0/s1. The highest BCUT2D eigenvalue weighted by molar-refractivity contribution is 8.77. The van der Waals surface area contributed by atoms with Crippen molar-refractivity contribution in [1.29, 1.82) is 0 Å². The Labute approximate surface area is 154 Å². The molecular weight excluding hydrogens is 362 g/mol. The first-order chi connectivity index (χ1) is 12.0. The Balaban J connectivity index is 1.76. The van der Waals surface area contributed by atoms with Crippen molar-refractivity contribution in [3.05, 3.63) is 23.8 Å². The van der Waals surface area contributed by atoms with Gasteiger partial charge in [0.1, 0.15) is 6.04 Å². The van der Waals surface area contributed by atoms with Crippen LogP contribution >= 0.6 is 21.6 Å². The van der Waals surface area contributed by atoms with Gasteiger partial charge in [-0.25, -0.2) is 4.79 Å². The summed E-state index contributed by atoms with van der Waals surface area (Å²) in [5.41, 5.74) is 0.527. The summed E-state index contributed by atoms with van der Waals surface area (Å²) in [6, 6.07) is 3.06. The van der Waals surface area contributed by atoms with E-state index in [1.807, 2.05) is 21.6 Å². The minimum absolute atomic E-state index is 0.0465. The highest BCUT2D eigenvalue weighted by atomic mass is 33.1. The van der Waals surface area contributed by atoms with Crippen molar-refractivity contribution >= 4 is 33.5 Å². The quantitative estimate of drug-likeness (QED) is 0.294. The zero-order chi connectivity index (χ0) is 18.2. The molecule has 0 saturated carbocycles. The highest BCUT2D eigenvalue weighted by Gasteiger charge is 2.21. The van der Waals surface area contributed by atoms with Crippen molar-refractivity contribution in [2.24, 2.45) is 0 Å². The van der Waals surface area contributed by atoms with E-state index in [2.05, 4.69) is 5.32 Å². The van der Waals surface area contributed by atoms with Gasteiger partial charge in [-0.3, -0.25) is 4.79 Å². The fraction of sp³-hybridized carbons (Fsp3) is 0.529. The molecule has 1 heterocycles. The topological polar surface area (TPSA) is 107 Å². The van der Waals surface area contributed by atoms with Crippen LogP contribution in [0.5, 0.6) is 11.5 Å². The molecular formula is C17H23NO5S2. The summed E-state index contributed by atoms with van der Waals surface area (Å²) >= 11 is 0. The number of benzene rings is 1. The summed E-state index contributed by atoms with van der Waals surface area (Å²) in [5.74, 6) is -0.776. The summed E-state index contributed by atoms with van der Waals surface area (Å²) in [5, 5.41) is 31.3. The number of phenols is 2. The summed E-state index contributed by atoms with van der Waals surface area (Å²) in [6.07, 6.45) is 4.40. The van der Waals surface area contributed by atoms with Gasteiger partial charge in [0, 0.05) is 23.8 Å². The molecule has 0 aromatic heterocycles. The number of carboxylic acids is 1. The lowest BCUT2D eigenvalue weighted by molar-refractivity contribution is -0.141. The largest absolute Gasteiger partial charge is 0.504 e. The van der Waals surface area contributed by atoms with E-state index in [0.29, 0.717) is 17.2 Å². The van der Waals surface area contributed by atoms with Gasteiger partial charge < -0.3 is 20.6 Å². The number of carbonyl (C=O) groups excluding carboxylic acids is 1. The summed E-state index contributed by atoms with van der Waals surface area (Å²) in [4.78, 5) is 23.4. The van der Waals surface area contributed by atoms with Crippen LogP contribution in [0.15, 0.2) is 18.2 Å². The molecule has 0 aliphatic carbocycles. The van der Waals surface area contributed by atoms with E-state index in [1.165, 1.54) is 30.4 Å². The predicted octanol–water partition coefficient (Wildman–Crippen LogP) is 2.92. The Bertz CT molecular complexity index is 605. The first-order valence-corrected chi connectivity index (χ1v) is 10.6. The fourth-order valence-electron chi connectivity index (χ4n) is 2.62. The third-order valence-electron chi connectivity index (χ3n) is 4.02. The maximum atomic E-state index is 12.0. The summed E-state index contributed by atoms with van der Waals surface area (Å²) in [6.45, 7) is 0.